The molecule has 0 radical (unpaired) electrons. The van der Waals surface area contributed by atoms with Crippen LogP contribution in [0.3, 0.4) is 0 Å². The van der Waals surface area contributed by atoms with Crippen molar-refractivity contribution < 1.29 is 4.79 Å². The van der Waals surface area contributed by atoms with Gasteiger partial charge in [-0.3, -0.25) is 9.89 Å². The minimum Gasteiger partial charge on any atom is -0.395 e. The van der Waals surface area contributed by atoms with Gasteiger partial charge < -0.3 is 15.5 Å². The summed E-state index contributed by atoms with van der Waals surface area (Å²) >= 11 is 0. The molecule has 106 valence electrons. The van der Waals surface area contributed by atoms with Gasteiger partial charge in [-0.05, 0) is 39.9 Å². The molecular formula is C13H23N5O. The van der Waals surface area contributed by atoms with Gasteiger partial charge in [0.2, 0.25) is 0 Å². The normalized spacial score (nSPS) is 14.9. The summed E-state index contributed by atoms with van der Waals surface area (Å²) in [6.45, 7) is 1.67. The molecule has 6 nitrogen and oxygen atoms in total. The Labute approximate surface area is 113 Å². The summed E-state index contributed by atoms with van der Waals surface area (Å²) in [6, 6.07) is 0. The summed E-state index contributed by atoms with van der Waals surface area (Å²) in [5, 5.41) is 7.00. The van der Waals surface area contributed by atoms with Crippen molar-refractivity contribution in [2.24, 2.45) is 0 Å². The van der Waals surface area contributed by atoms with Crippen LogP contribution in [0.25, 0.3) is 0 Å². The molecule has 1 aromatic heterocycles. The van der Waals surface area contributed by atoms with Crippen molar-refractivity contribution in [2.75, 3.05) is 40.0 Å². The highest BCUT2D eigenvalue weighted by Crippen LogP contribution is 2.42. The van der Waals surface area contributed by atoms with Gasteiger partial charge in [-0.15, -0.1) is 0 Å². The number of H-pyrrole nitrogens is 1. The van der Waals surface area contributed by atoms with E-state index < -0.39 is 0 Å². The minimum absolute atomic E-state index is 0.0978. The quantitative estimate of drug-likeness (QED) is 0.801. The van der Waals surface area contributed by atoms with Crippen LogP contribution in [0, 0.1) is 0 Å². The number of hydrogen-bond acceptors (Lipinski definition) is 4. The number of anilines is 1. The standard InChI is InChI=1S/C13H23N5O/c1-17(2)7-4-8-18(3)13(19)12-10(14)11(15-16-12)9-5-6-9/h9H,4-8,14H2,1-3H3,(H,15,16). The van der Waals surface area contributed by atoms with Gasteiger partial charge in [-0.25, -0.2) is 0 Å². The summed E-state index contributed by atoms with van der Waals surface area (Å²) in [4.78, 5) is 16.0. The third-order valence-corrected chi connectivity index (χ3v) is 3.47. The SMILES string of the molecule is CN(C)CCCN(C)C(=O)c1n[nH]c(C2CC2)c1N. The maximum atomic E-state index is 12.2. The van der Waals surface area contributed by atoms with Gasteiger partial charge in [0.25, 0.3) is 5.91 Å². The lowest BCUT2D eigenvalue weighted by Crippen LogP contribution is -2.30. The van der Waals surface area contributed by atoms with Crippen molar-refractivity contribution in [3.05, 3.63) is 11.4 Å². The van der Waals surface area contributed by atoms with Crippen LogP contribution in [0.1, 0.15) is 41.4 Å². The Morgan fingerprint density at radius 1 is 1.37 bits per heavy atom. The van der Waals surface area contributed by atoms with Crippen molar-refractivity contribution in [1.29, 1.82) is 0 Å². The van der Waals surface area contributed by atoms with Crippen molar-refractivity contribution >= 4 is 11.6 Å². The van der Waals surface area contributed by atoms with E-state index in [1.54, 1.807) is 11.9 Å². The fraction of sp³-hybridized carbons (Fsp3) is 0.692. The molecular weight excluding hydrogens is 242 g/mol. The first-order valence-electron chi connectivity index (χ1n) is 6.74. The van der Waals surface area contributed by atoms with Gasteiger partial charge in [0.15, 0.2) is 5.69 Å². The van der Waals surface area contributed by atoms with E-state index in [1.807, 2.05) is 14.1 Å². The number of carbonyl (C=O) groups is 1. The summed E-state index contributed by atoms with van der Waals surface area (Å²) < 4.78 is 0. The van der Waals surface area contributed by atoms with Gasteiger partial charge in [0.05, 0.1) is 11.4 Å². The zero-order valence-electron chi connectivity index (χ0n) is 11.9. The van der Waals surface area contributed by atoms with E-state index in [0.29, 0.717) is 23.8 Å². The molecule has 1 heterocycles. The third-order valence-electron chi connectivity index (χ3n) is 3.47. The van der Waals surface area contributed by atoms with E-state index in [4.69, 9.17) is 5.73 Å². The number of nitrogen functional groups attached to an aromatic ring is 1. The van der Waals surface area contributed by atoms with Crippen molar-refractivity contribution in [3.63, 3.8) is 0 Å². The second-order valence-corrected chi connectivity index (χ2v) is 5.56. The van der Waals surface area contributed by atoms with Crippen LogP contribution in [-0.4, -0.2) is 60.1 Å². The topological polar surface area (TPSA) is 78.2 Å². The molecule has 0 aromatic carbocycles. The molecule has 1 aromatic rings. The summed E-state index contributed by atoms with van der Waals surface area (Å²) in [5.74, 6) is 0.382. The number of hydrogen-bond donors (Lipinski definition) is 2. The zero-order valence-corrected chi connectivity index (χ0v) is 11.9. The number of nitrogens with zero attached hydrogens (tertiary/aromatic N) is 3. The number of carbonyl (C=O) groups excluding carboxylic acids is 1. The number of rotatable bonds is 6. The van der Waals surface area contributed by atoms with Crippen LogP contribution in [0.15, 0.2) is 0 Å². The summed E-state index contributed by atoms with van der Waals surface area (Å²) in [6.07, 6.45) is 3.21. The van der Waals surface area contributed by atoms with E-state index in [1.165, 1.54) is 0 Å². The predicted octanol–water partition coefficient (Wildman–Crippen LogP) is 0.893. The Kier molecular flexibility index (Phi) is 4.09. The molecule has 0 saturated heterocycles. The maximum absolute atomic E-state index is 12.2. The molecule has 6 heteroatoms. The Morgan fingerprint density at radius 3 is 2.63 bits per heavy atom. The highest BCUT2D eigenvalue weighted by atomic mass is 16.2. The fourth-order valence-electron chi connectivity index (χ4n) is 2.12. The van der Waals surface area contributed by atoms with Crippen molar-refractivity contribution in [1.82, 2.24) is 20.0 Å². The molecule has 3 N–H and O–H groups in total. The summed E-state index contributed by atoms with van der Waals surface area (Å²) in [7, 11) is 5.84. The lowest BCUT2D eigenvalue weighted by molar-refractivity contribution is 0.0786. The molecule has 2 rings (SSSR count). The molecule has 1 aliphatic carbocycles. The lowest BCUT2D eigenvalue weighted by atomic mass is 10.2. The van der Waals surface area contributed by atoms with Crippen molar-refractivity contribution in [3.8, 4) is 0 Å². The Morgan fingerprint density at radius 2 is 2.05 bits per heavy atom. The molecule has 0 spiro atoms. The van der Waals surface area contributed by atoms with Crippen LogP contribution < -0.4 is 5.73 Å². The van der Waals surface area contributed by atoms with E-state index in [2.05, 4.69) is 15.1 Å². The maximum Gasteiger partial charge on any atom is 0.276 e. The second kappa shape index (κ2) is 5.61. The number of amides is 1. The molecule has 1 saturated carbocycles. The molecule has 0 atom stereocenters. The third kappa shape index (κ3) is 3.26. The molecule has 0 unspecified atom stereocenters. The van der Waals surface area contributed by atoms with Gasteiger partial charge in [-0.1, -0.05) is 0 Å². The Hall–Kier alpha value is -1.56. The first-order chi connectivity index (χ1) is 9.00. The molecule has 0 aliphatic heterocycles. The first-order valence-corrected chi connectivity index (χ1v) is 6.74. The first kappa shape index (κ1) is 13.9. The van der Waals surface area contributed by atoms with E-state index in [9.17, 15) is 4.79 Å². The minimum atomic E-state index is -0.0978. The Bertz CT molecular complexity index is 450. The van der Waals surface area contributed by atoms with Gasteiger partial charge in [0.1, 0.15) is 0 Å². The number of aromatic nitrogens is 2. The average molecular weight is 265 g/mol. The van der Waals surface area contributed by atoms with Crippen molar-refractivity contribution in [2.45, 2.75) is 25.2 Å². The molecule has 1 aliphatic rings. The predicted molar refractivity (Wildman–Crippen MR) is 75.1 cm³/mol. The summed E-state index contributed by atoms with van der Waals surface area (Å²) in [5.41, 5.74) is 7.85. The smallest absolute Gasteiger partial charge is 0.276 e. The molecule has 19 heavy (non-hydrogen) atoms. The molecule has 0 bridgehead atoms. The Balaban J connectivity index is 1.94. The van der Waals surface area contributed by atoms with Crippen LogP contribution in [0.5, 0.6) is 0 Å². The number of nitrogens with one attached hydrogen (secondary N) is 1. The highest BCUT2D eigenvalue weighted by molar-refractivity contribution is 5.97. The van der Waals surface area contributed by atoms with Crippen LogP contribution >= 0.6 is 0 Å². The van der Waals surface area contributed by atoms with E-state index in [-0.39, 0.29) is 5.91 Å². The number of nitrogens with two attached hydrogens (primary N) is 1. The molecule has 1 fully saturated rings. The second-order valence-electron chi connectivity index (χ2n) is 5.56. The lowest BCUT2D eigenvalue weighted by Gasteiger charge is -2.17. The van der Waals surface area contributed by atoms with Gasteiger partial charge in [-0.2, -0.15) is 5.10 Å². The van der Waals surface area contributed by atoms with Gasteiger partial charge >= 0.3 is 0 Å². The average Bonchev–Trinajstić information content (AvgIpc) is 3.11. The van der Waals surface area contributed by atoms with Crippen LogP contribution in [0.2, 0.25) is 0 Å². The van der Waals surface area contributed by atoms with E-state index in [0.717, 1.165) is 31.5 Å². The zero-order chi connectivity index (χ0) is 14.0. The highest BCUT2D eigenvalue weighted by Gasteiger charge is 2.30. The number of aromatic amines is 1. The fourth-order valence-corrected chi connectivity index (χ4v) is 2.12. The van der Waals surface area contributed by atoms with Crippen LogP contribution in [0.4, 0.5) is 5.69 Å². The largest absolute Gasteiger partial charge is 0.395 e. The monoisotopic (exact) mass is 265 g/mol. The van der Waals surface area contributed by atoms with Crippen LogP contribution in [-0.2, 0) is 0 Å². The molecule has 1 amide bonds. The van der Waals surface area contributed by atoms with Gasteiger partial charge in [0, 0.05) is 19.5 Å². The van der Waals surface area contributed by atoms with E-state index >= 15 is 0 Å².